The van der Waals surface area contributed by atoms with Crippen molar-refractivity contribution in [2.45, 2.75) is 19.4 Å². The first-order chi connectivity index (χ1) is 14.6. The second kappa shape index (κ2) is 13.5. The number of aryl methyl sites for hydroxylation is 1. The SMILES string of the molecule is CCNC(=O)CN[C@@H](Cc1ccccc1)C(=O)Nc1cc(-c2ccncc2)nn1C.Cl.Cl. The maximum Gasteiger partial charge on any atom is 0.243 e. The third kappa shape index (κ3) is 7.64. The van der Waals surface area contributed by atoms with Crippen LogP contribution in [-0.2, 0) is 23.1 Å². The molecule has 0 saturated carbocycles. The molecule has 0 bridgehead atoms. The second-order valence-corrected chi connectivity index (χ2v) is 6.84. The molecule has 0 aliphatic rings. The van der Waals surface area contributed by atoms with Gasteiger partial charge in [0.15, 0.2) is 0 Å². The Balaban J connectivity index is 0.00000256. The molecule has 0 spiro atoms. The smallest absolute Gasteiger partial charge is 0.243 e. The summed E-state index contributed by atoms with van der Waals surface area (Å²) >= 11 is 0. The maximum absolute atomic E-state index is 13.0. The van der Waals surface area contributed by atoms with Gasteiger partial charge in [-0.2, -0.15) is 5.10 Å². The van der Waals surface area contributed by atoms with Crippen molar-refractivity contribution in [3.63, 3.8) is 0 Å². The number of pyridine rings is 1. The number of nitrogens with one attached hydrogen (secondary N) is 3. The Morgan fingerprint density at radius 1 is 1.06 bits per heavy atom. The van der Waals surface area contributed by atoms with Gasteiger partial charge < -0.3 is 10.6 Å². The van der Waals surface area contributed by atoms with E-state index in [1.54, 1.807) is 24.1 Å². The molecular formula is C22H28Cl2N6O2. The predicted octanol–water partition coefficient (Wildman–Crippen LogP) is 2.60. The van der Waals surface area contributed by atoms with Crippen LogP contribution in [0.1, 0.15) is 12.5 Å². The first-order valence-corrected chi connectivity index (χ1v) is 9.86. The molecule has 172 valence electrons. The first-order valence-electron chi connectivity index (χ1n) is 9.86. The molecule has 0 saturated heterocycles. The minimum atomic E-state index is -0.575. The molecule has 0 fully saturated rings. The number of rotatable bonds is 9. The van der Waals surface area contributed by atoms with Crippen LogP contribution < -0.4 is 16.0 Å². The van der Waals surface area contributed by atoms with Gasteiger partial charge in [-0.3, -0.25) is 24.6 Å². The normalized spacial score (nSPS) is 10.9. The number of hydrogen-bond acceptors (Lipinski definition) is 5. The Bertz CT molecular complexity index is 983. The van der Waals surface area contributed by atoms with Crippen LogP contribution in [0, 0.1) is 0 Å². The third-order valence-electron chi connectivity index (χ3n) is 4.59. The number of carbonyl (C=O) groups excluding carboxylic acids is 2. The number of benzene rings is 1. The molecule has 3 rings (SSSR count). The van der Waals surface area contributed by atoms with E-state index in [0.29, 0.717) is 18.8 Å². The van der Waals surface area contributed by atoms with Crippen molar-refractivity contribution in [2.24, 2.45) is 7.05 Å². The van der Waals surface area contributed by atoms with Crippen LogP contribution in [0.5, 0.6) is 0 Å². The fraction of sp³-hybridized carbons (Fsp3) is 0.273. The summed E-state index contributed by atoms with van der Waals surface area (Å²) in [7, 11) is 1.77. The monoisotopic (exact) mass is 478 g/mol. The van der Waals surface area contributed by atoms with Crippen molar-refractivity contribution in [1.82, 2.24) is 25.4 Å². The lowest BCUT2D eigenvalue weighted by molar-refractivity contribution is -0.121. The Hall–Kier alpha value is -2.94. The lowest BCUT2D eigenvalue weighted by atomic mass is 10.1. The summed E-state index contributed by atoms with van der Waals surface area (Å²) in [5.74, 6) is 0.195. The van der Waals surface area contributed by atoms with Crippen molar-refractivity contribution in [2.75, 3.05) is 18.4 Å². The van der Waals surface area contributed by atoms with Gasteiger partial charge in [0.05, 0.1) is 18.3 Å². The number of likely N-dealkylation sites (N-methyl/N-ethyl adjacent to an activating group) is 1. The topological polar surface area (TPSA) is 101 Å². The van der Waals surface area contributed by atoms with Gasteiger partial charge in [0, 0.05) is 37.6 Å². The average molecular weight is 479 g/mol. The number of aromatic nitrogens is 3. The zero-order chi connectivity index (χ0) is 21.3. The van der Waals surface area contributed by atoms with Crippen LogP contribution in [-0.4, -0.2) is 45.7 Å². The summed E-state index contributed by atoms with van der Waals surface area (Å²) < 4.78 is 1.62. The maximum atomic E-state index is 13.0. The summed E-state index contributed by atoms with van der Waals surface area (Å²) in [4.78, 5) is 28.9. The molecular weight excluding hydrogens is 451 g/mol. The van der Waals surface area contributed by atoms with Crippen molar-refractivity contribution in [3.8, 4) is 11.3 Å². The van der Waals surface area contributed by atoms with Crippen LogP contribution in [0.4, 0.5) is 5.82 Å². The van der Waals surface area contributed by atoms with E-state index in [1.165, 1.54) is 0 Å². The van der Waals surface area contributed by atoms with Crippen molar-refractivity contribution >= 4 is 42.4 Å². The van der Waals surface area contributed by atoms with Crippen molar-refractivity contribution in [3.05, 3.63) is 66.5 Å². The van der Waals surface area contributed by atoms with Gasteiger partial charge in [-0.05, 0) is 31.0 Å². The standard InChI is InChI=1S/C22H26N6O2.2ClH/c1-3-24-21(29)15-25-19(13-16-7-5-4-6-8-16)22(30)26-20-14-18(27-28(20)2)17-9-11-23-12-10-17;;/h4-12,14,19,25H,3,13,15H2,1-2H3,(H,24,29)(H,26,30);2*1H/t19-;;/m0../s1. The minimum Gasteiger partial charge on any atom is -0.355 e. The van der Waals surface area contributed by atoms with Crippen LogP contribution in [0.2, 0.25) is 0 Å². The van der Waals surface area contributed by atoms with Gasteiger partial charge in [0.2, 0.25) is 11.8 Å². The second-order valence-electron chi connectivity index (χ2n) is 6.84. The molecule has 3 aromatic rings. The Labute approximate surface area is 200 Å². The van der Waals surface area contributed by atoms with Crippen LogP contribution in [0.25, 0.3) is 11.3 Å². The molecule has 32 heavy (non-hydrogen) atoms. The highest BCUT2D eigenvalue weighted by molar-refractivity contribution is 5.95. The summed E-state index contributed by atoms with van der Waals surface area (Å²) in [6.45, 7) is 2.46. The zero-order valence-corrected chi connectivity index (χ0v) is 19.6. The molecule has 3 N–H and O–H groups in total. The van der Waals surface area contributed by atoms with Gasteiger partial charge in [-0.25, -0.2) is 0 Å². The van der Waals surface area contributed by atoms with E-state index in [4.69, 9.17) is 0 Å². The molecule has 8 nitrogen and oxygen atoms in total. The van der Waals surface area contributed by atoms with Crippen LogP contribution in [0.3, 0.4) is 0 Å². The molecule has 0 unspecified atom stereocenters. The van der Waals surface area contributed by atoms with Gasteiger partial charge in [0.25, 0.3) is 0 Å². The van der Waals surface area contributed by atoms with Crippen LogP contribution >= 0.6 is 24.8 Å². The lowest BCUT2D eigenvalue weighted by Gasteiger charge is -2.18. The van der Waals surface area contributed by atoms with E-state index < -0.39 is 6.04 Å². The van der Waals surface area contributed by atoms with Gasteiger partial charge >= 0.3 is 0 Å². The number of halogens is 2. The fourth-order valence-corrected chi connectivity index (χ4v) is 3.04. The molecule has 2 heterocycles. The van der Waals surface area contributed by atoms with E-state index in [9.17, 15) is 9.59 Å². The molecule has 0 radical (unpaired) electrons. The molecule has 2 amide bonds. The quantitative estimate of drug-likeness (QED) is 0.438. The molecule has 1 atom stereocenters. The van der Waals surface area contributed by atoms with Crippen LogP contribution in [0.15, 0.2) is 60.9 Å². The van der Waals surface area contributed by atoms with Gasteiger partial charge in [0.1, 0.15) is 5.82 Å². The molecule has 2 aromatic heterocycles. The van der Waals surface area contributed by atoms with Crippen molar-refractivity contribution in [1.29, 1.82) is 0 Å². The Morgan fingerprint density at radius 3 is 2.41 bits per heavy atom. The van der Waals surface area contributed by atoms with E-state index >= 15 is 0 Å². The van der Waals surface area contributed by atoms with Crippen molar-refractivity contribution < 1.29 is 9.59 Å². The average Bonchev–Trinajstić information content (AvgIpc) is 3.13. The number of carbonyl (C=O) groups is 2. The predicted molar refractivity (Wildman–Crippen MR) is 130 cm³/mol. The largest absolute Gasteiger partial charge is 0.355 e. The molecule has 10 heteroatoms. The highest BCUT2D eigenvalue weighted by atomic mass is 35.5. The Kier molecular flexibility index (Phi) is 11.4. The highest BCUT2D eigenvalue weighted by Gasteiger charge is 2.21. The van der Waals surface area contributed by atoms with Gasteiger partial charge in [-0.15, -0.1) is 24.8 Å². The fourth-order valence-electron chi connectivity index (χ4n) is 3.04. The molecule has 1 aromatic carbocycles. The number of amides is 2. The number of nitrogens with zero attached hydrogens (tertiary/aromatic N) is 3. The molecule has 0 aliphatic heterocycles. The summed E-state index contributed by atoms with van der Waals surface area (Å²) in [5.41, 5.74) is 2.66. The van der Waals surface area contributed by atoms with E-state index in [1.807, 2.05) is 55.5 Å². The summed E-state index contributed by atoms with van der Waals surface area (Å²) in [6, 6.07) is 14.7. The van der Waals surface area contributed by atoms with E-state index in [0.717, 1.165) is 16.8 Å². The summed E-state index contributed by atoms with van der Waals surface area (Å²) in [5, 5.41) is 13.2. The van der Waals surface area contributed by atoms with E-state index in [-0.39, 0.29) is 43.2 Å². The minimum absolute atomic E-state index is 0. The van der Waals surface area contributed by atoms with Gasteiger partial charge in [-0.1, -0.05) is 30.3 Å². The third-order valence-corrected chi connectivity index (χ3v) is 4.59. The zero-order valence-electron chi connectivity index (χ0n) is 17.9. The number of hydrogen-bond donors (Lipinski definition) is 3. The number of anilines is 1. The summed E-state index contributed by atoms with van der Waals surface area (Å²) in [6.07, 6.45) is 3.86. The lowest BCUT2D eigenvalue weighted by Crippen LogP contribution is -2.46. The first kappa shape index (κ1) is 27.1. The highest BCUT2D eigenvalue weighted by Crippen LogP contribution is 2.20. The Morgan fingerprint density at radius 2 is 1.75 bits per heavy atom. The molecule has 0 aliphatic carbocycles. The van der Waals surface area contributed by atoms with E-state index in [2.05, 4.69) is 26.0 Å².